The maximum Gasteiger partial charge on any atom is 0.262 e. The minimum atomic E-state index is -2.74. The molecular weight excluding hydrogens is 1020 g/mol. The summed E-state index contributed by atoms with van der Waals surface area (Å²) in [6, 6.07) is 25.0. The van der Waals surface area contributed by atoms with E-state index in [-0.39, 0.29) is 18.7 Å². The summed E-state index contributed by atoms with van der Waals surface area (Å²) < 4.78 is 21.5. The van der Waals surface area contributed by atoms with Crippen molar-refractivity contribution in [3.63, 3.8) is 0 Å². The van der Waals surface area contributed by atoms with Gasteiger partial charge in [0.25, 0.3) is 11.8 Å². The van der Waals surface area contributed by atoms with E-state index in [1.54, 1.807) is 38.8 Å². The third kappa shape index (κ3) is 10.9. The van der Waals surface area contributed by atoms with Crippen molar-refractivity contribution in [2.45, 2.75) is 50.6 Å². The lowest BCUT2D eigenvalue weighted by atomic mass is 9.93. The van der Waals surface area contributed by atoms with Crippen LogP contribution in [0, 0.1) is 5.92 Å². The number of nitrogens with zero attached hydrogens (tertiary/aromatic N) is 9. The summed E-state index contributed by atoms with van der Waals surface area (Å²) in [5.41, 5.74) is 7.91. The number of rotatable bonds is 14. The van der Waals surface area contributed by atoms with Gasteiger partial charge in [-0.25, -0.2) is 4.98 Å². The Bertz CT molecular complexity index is 3290. The molecule has 0 bridgehead atoms. The fourth-order valence-corrected chi connectivity index (χ4v) is 13.0. The van der Waals surface area contributed by atoms with Crippen LogP contribution in [-0.2, 0) is 21.2 Å². The molecule has 0 spiro atoms. The highest BCUT2D eigenvalue weighted by Crippen LogP contribution is 2.43. The molecule has 1 atom stereocenters. The van der Waals surface area contributed by atoms with E-state index in [4.69, 9.17) is 21.3 Å². The molecule has 5 aliphatic heterocycles. The Labute approximate surface area is 453 Å². The third-order valence-electron chi connectivity index (χ3n) is 15.9. The van der Waals surface area contributed by atoms with Gasteiger partial charge >= 0.3 is 0 Å². The van der Waals surface area contributed by atoms with Crippen molar-refractivity contribution in [1.29, 1.82) is 0 Å². The maximum atomic E-state index is 13.7. The van der Waals surface area contributed by atoms with Crippen LogP contribution in [0.5, 0.6) is 5.75 Å². The van der Waals surface area contributed by atoms with Gasteiger partial charge in [-0.2, -0.15) is 10.1 Å². The number of anilines is 6. The van der Waals surface area contributed by atoms with Crippen LogP contribution in [0.2, 0.25) is 5.02 Å². The number of likely N-dealkylation sites (tertiary alicyclic amines) is 1. The van der Waals surface area contributed by atoms with Gasteiger partial charge in [0.1, 0.15) is 24.0 Å². The van der Waals surface area contributed by atoms with E-state index in [1.165, 1.54) is 0 Å². The number of amides is 4. The van der Waals surface area contributed by atoms with Crippen LogP contribution in [0.1, 0.15) is 59.2 Å². The Morgan fingerprint density at radius 1 is 0.740 bits per heavy atom. The summed E-state index contributed by atoms with van der Waals surface area (Å²) >= 11 is 6.72. The molecule has 4 fully saturated rings. The average molecular weight is 1080 g/mol. The summed E-state index contributed by atoms with van der Waals surface area (Å²) in [6.07, 6.45) is 10.0. The lowest BCUT2D eigenvalue weighted by molar-refractivity contribution is -0.136. The summed E-state index contributed by atoms with van der Waals surface area (Å²) in [4.78, 5) is 71.4. The molecule has 20 heteroatoms. The van der Waals surface area contributed by atoms with Crippen LogP contribution in [0.25, 0.3) is 22.3 Å². The lowest BCUT2D eigenvalue weighted by Gasteiger charge is -2.44. The minimum absolute atomic E-state index is 0.0926. The van der Waals surface area contributed by atoms with Gasteiger partial charge in [-0.3, -0.25) is 39.0 Å². The monoisotopic (exact) mass is 1080 g/mol. The number of piperazine rings is 1. The number of ether oxygens (including phenoxy) is 1. The molecule has 2 aromatic heterocycles. The van der Waals surface area contributed by atoms with Gasteiger partial charge < -0.3 is 34.6 Å². The largest absolute Gasteiger partial charge is 0.494 e. The molecule has 77 heavy (non-hydrogen) atoms. The number of carbonyl (C=O) groups excluding carboxylic acids is 4. The van der Waals surface area contributed by atoms with Crippen molar-refractivity contribution in [2.75, 3.05) is 99.8 Å². The van der Waals surface area contributed by atoms with E-state index in [2.05, 4.69) is 57.8 Å². The summed E-state index contributed by atoms with van der Waals surface area (Å²) in [5, 5.41) is 14.6. The maximum absolute atomic E-state index is 13.7. The molecule has 6 aromatic rings. The Kier molecular flexibility index (Phi) is 14.7. The van der Waals surface area contributed by atoms with Crippen molar-refractivity contribution < 1.29 is 28.5 Å². The number of aromatic nitrogens is 4. The first-order chi connectivity index (χ1) is 37.2. The molecule has 5 aliphatic rings. The number of aryl methyl sites for hydroxylation is 1. The number of imide groups is 2. The zero-order chi connectivity index (χ0) is 53.5. The first-order valence-corrected chi connectivity index (χ1v) is 29.5. The standard InChI is InChI=1S/C57H64ClN12O6P/c1-65-35-39(32-60-65)43-30-47(62-57-59-33-45(58)53(64-57)61-46-13-10-38(28-51(46)77(3,4)75)37-8-6-5-7-9-37)50(76-2)31-49(43)69-26-24-68(25-27-69)40-18-20-66(21-19-40)34-36-16-22-67(23-17-36)41-11-12-42-44(29-41)56(74)70(55(42)73)48-14-15-52(71)63-54(48)72/h5-13,28-33,35-36,40,48H,14-27,34H2,1-4H3,(H,63,71,72)(H2,59,61,62,64). The number of hydrogen-bond donors (Lipinski definition) is 3. The molecule has 18 nitrogen and oxygen atoms in total. The van der Waals surface area contributed by atoms with E-state index < -0.39 is 30.9 Å². The van der Waals surface area contributed by atoms with E-state index in [0.717, 1.165) is 123 Å². The zero-order valence-corrected chi connectivity index (χ0v) is 45.5. The SMILES string of the molecule is COc1cc(N2CCN(C3CCN(CC4CCN(c5ccc6c(c5)C(=O)N(C5CCC(=O)NC5=O)C6=O)CC4)CC3)CC2)c(-c2cnn(C)c2)cc1Nc1ncc(Cl)c(Nc2ccc(-c3ccccc3)cc2P(C)(C)=O)n1. The average Bonchev–Trinajstić information content (AvgIpc) is 3.99. The van der Waals surface area contributed by atoms with Gasteiger partial charge in [-0.05, 0) is 112 Å². The first kappa shape index (κ1) is 52.0. The van der Waals surface area contributed by atoms with Crippen molar-refractivity contribution in [2.24, 2.45) is 13.0 Å². The van der Waals surface area contributed by atoms with Crippen molar-refractivity contribution in [3.8, 4) is 28.0 Å². The van der Waals surface area contributed by atoms with Crippen molar-refractivity contribution in [1.82, 2.24) is 39.8 Å². The van der Waals surface area contributed by atoms with Crippen LogP contribution in [-0.4, -0.2) is 150 Å². The van der Waals surface area contributed by atoms with Crippen LogP contribution in [0.15, 0.2) is 97.5 Å². The molecule has 1 unspecified atom stereocenters. The second-order valence-corrected chi connectivity index (χ2v) is 24.8. The number of piperidine rings is 3. The molecular formula is C57H64ClN12O6P. The molecule has 7 heterocycles. The number of hydrogen-bond acceptors (Lipinski definition) is 15. The highest BCUT2D eigenvalue weighted by atomic mass is 35.5. The number of fused-ring (bicyclic) bond motifs is 1. The van der Waals surface area contributed by atoms with Gasteiger partial charge in [0.15, 0.2) is 5.82 Å². The molecule has 4 saturated heterocycles. The van der Waals surface area contributed by atoms with Crippen LogP contribution < -0.4 is 35.8 Å². The van der Waals surface area contributed by atoms with E-state index in [1.807, 2.05) is 78.7 Å². The molecule has 400 valence electrons. The number of carbonyl (C=O) groups is 4. The molecule has 0 aliphatic carbocycles. The van der Waals surface area contributed by atoms with Gasteiger partial charge in [-0.15, -0.1) is 0 Å². The number of methoxy groups -OCH3 is 1. The topological polar surface area (TPSA) is 190 Å². The highest BCUT2D eigenvalue weighted by molar-refractivity contribution is 7.70. The van der Waals surface area contributed by atoms with Crippen LogP contribution >= 0.6 is 18.7 Å². The smallest absolute Gasteiger partial charge is 0.262 e. The lowest BCUT2D eigenvalue weighted by Crippen LogP contribution is -2.54. The van der Waals surface area contributed by atoms with Gasteiger partial charge in [0, 0.05) is 105 Å². The second-order valence-electron chi connectivity index (χ2n) is 21.2. The molecule has 0 saturated carbocycles. The molecule has 11 rings (SSSR count). The summed E-state index contributed by atoms with van der Waals surface area (Å²) in [6.45, 7) is 12.1. The minimum Gasteiger partial charge on any atom is -0.494 e. The Balaban J connectivity index is 0.699. The Morgan fingerprint density at radius 2 is 1.49 bits per heavy atom. The number of nitrogens with one attached hydrogen (secondary N) is 3. The van der Waals surface area contributed by atoms with Crippen LogP contribution in [0.4, 0.5) is 34.5 Å². The van der Waals surface area contributed by atoms with Crippen molar-refractivity contribution >= 4 is 82.2 Å². The normalized spacial score (nSPS) is 19.2. The molecule has 3 N–H and O–H groups in total. The highest BCUT2D eigenvalue weighted by Gasteiger charge is 2.45. The number of benzene rings is 4. The number of halogens is 1. The first-order valence-electron chi connectivity index (χ1n) is 26.5. The summed E-state index contributed by atoms with van der Waals surface area (Å²) in [5.74, 6) is -0.0593. The van der Waals surface area contributed by atoms with E-state index in [9.17, 15) is 23.7 Å². The Hall–Kier alpha value is -7.11. The molecule has 4 amide bonds. The van der Waals surface area contributed by atoms with E-state index >= 15 is 0 Å². The second kappa shape index (κ2) is 21.7. The Morgan fingerprint density at radius 3 is 2.19 bits per heavy atom. The van der Waals surface area contributed by atoms with Gasteiger partial charge in [0.2, 0.25) is 17.8 Å². The summed E-state index contributed by atoms with van der Waals surface area (Å²) in [7, 11) is 0.842. The third-order valence-corrected chi connectivity index (χ3v) is 17.7. The zero-order valence-electron chi connectivity index (χ0n) is 43.9. The fraction of sp³-hybridized carbons (Fsp3) is 0.386. The predicted octanol–water partition coefficient (Wildman–Crippen LogP) is 7.85. The van der Waals surface area contributed by atoms with Gasteiger partial charge in [-0.1, -0.05) is 48.0 Å². The predicted molar refractivity (Wildman–Crippen MR) is 301 cm³/mol. The molecule has 4 aromatic carbocycles. The fourth-order valence-electron chi connectivity index (χ4n) is 11.7. The quantitative estimate of drug-likeness (QED) is 0.0706. The van der Waals surface area contributed by atoms with Gasteiger partial charge in [0.05, 0.1) is 42.0 Å². The van der Waals surface area contributed by atoms with E-state index in [0.29, 0.717) is 62.3 Å². The van der Waals surface area contributed by atoms with Crippen molar-refractivity contribution in [3.05, 3.63) is 114 Å². The molecule has 0 radical (unpaired) electrons. The van der Waals surface area contributed by atoms with Crippen LogP contribution in [0.3, 0.4) is 0 Å².